The highest BCUT2D eigenvalue weighted by Crippen LogP contribution is 2.31. The summed E-state index contributed by atoms with van der Waals surface area (Å²) in [5, 5.41) is 16.5. The van der Waals surface area contributed by atoms with Crippen LogP contribution in [0, 0.1) is 0 Å². The lowest BCUT2D eigenvalue weighted by Crippen LogP contribution is -2.76. The van der Waals surface area contributed by atoms with Gasteiger partial charge >= 0.3 is 6.03 Å². The lowest BCUT2D eigenvalue weighted by atomic mass is 9.98. The number of amides is 4. The normalized spacial score (nSPS) is 19.1. The Bertz CT molecular complexity index is 1450. The number of halogens is 1. The molecule has 2 N–H and O–H groups in total. The van der Waals surface area contributed by atoms with Gasteiger partial charge in [-0.05, 0) is 47.0 Å². The number of nitrogens with one attached hydrogen (secondary N) is 1. The number of urea groups is 1. The molecule has 220 valence electrons. The Morgan fingerprint density at radius 3 is 2.43 bits per heavy atom. The minimum Gasteiger partial charge on any atom is -0.508 e. The maximum Gasteiger partial charge on any atom is 0.334 e. The molecule has 2 aliphatic rings. The number of aromatic hydroxyl groups is 1. The Morgan fingerprint density at radius 1 is 1.02 bits per heavy atom. The molecule has 0 aliphatic carbocycles. The van der Waals surface area contributed by atoms with Crippen LogP contribution in [0.5, 0.6) is 5.75 Å². The van der Waals surface area contributed by atoms with E-state index in [-0.39, 0.29) is 49.7 Å². The second-order valence-corrected chi connectivity index (χ2v) is 11.3. The number of carbonyl (C=O) groups is 3. The van der Waals surface area contributed by atoms with E-state index in [1.54, 1.807) is 57.2 Å². The number of phenols is 1. The molecule has 0 spiro atoms. The number of hydrogen-bond donors (Lipinski definition) is 2. The molecule has 2 fully saturated rings. The molecule has 11 heteroatoms. The summed E-state index contributed by atoms with van der Waals surface area (Å²) in [5.41, 5.74) is 3.50. The van der Waals surface area contributed by atoms with Gasteiger partial charge in [-0.3, -0.25) is 9.59 Å². The minimum atomic E-state index is -0.846. The molecule has 4 amide bonds. The lowest BCUT2D eigenvalue weighted by molar-refractivity contribution is -0.187. The average molecular weight is 591 g/mol. The first-order valence-corrected chi connectivity index (χ1v) is 14.2. The fourth-order valence-electron chi connectivity index (χ4n) is 5.68. The molecule has 0 aromatic heterocycles. The van der Waals surface area contributed by atoms with Crippen LogP contribution in [-0.2, 0) is 29.1 Å². The Hall–Kier alpha value is -4.28. The number of likely N-dealkylation sites (N-methyl/N-ethyl adjacent to an activating group) is 1. The fourth-order valence-corrected chi connectivity index (χ4v) is 5.87. The molecule has 2 aliphatic heterocycles. The van der Waals surface area contributed by atoms with Crippen LogP contribution >= 0.6 is 11.6 Å². The van der Waals surface area contributed by atoms with E-state index < -0.39 is 12.2 Å². The van der Waals surface area contributed by atoms with E-state index >= 15 is 0 Å². The van der Waals surface area contributed by atoms with Gasteiger partial charge in [0.1, 0.15) is 18.0 Å². The first-order chi connectivity index (χ1) is 20.1. The van der Waals surface area contributed by atoms with Crippen molar-refractivity contribution >= 4 is 35.1 Å². The second-order valence-electron chi connectivity index (χ2n) is 10.9. The van der Waals surface area contributed by atoms with Crippen LogP contribution in [0.3, 0.4) is 0 Å². The summed E-state index contributed by atoms with van der Waals surface area (Å²) in [6.45, 7) is 0.645. The maximum absolute atomic E-state index is 14.1. The van der Waals surface area contributed by atoms with Crippen LogP contribution in [-0.4, -0.2) is 89.2 Å². The Morgan fingerprint density at radius 2 is 1.74 bits per heavy atom. The number of nitrogens with zero attached hydrogens (tertiary/aromatic N) is 5. The summed E-state index contributed by atoms with van der Waals surface area (Å²) < 4.78 is 0. The summed E-state index contributed by atoms with van der Waals surface area (Å²) in [7, 11) is 5.55. The number of rotatable bonds is 7. The molecule has 2 heterocycles. The van der Waals surface area contributed by atoms with Gasteiger partial charge in [-0.25, -0.2) is 14.8 Å². The van der Waals surface area contributed by atoms with Crippen molar-refractivity contribution in [2.75, 3.05) is 39.1 Å². The van der Waals surface area contributed by atoms with E-state index in [1.165, 1.54) is 0 Å². The van der Waals surface area contributed by atoms with E-state index in [0.717, 1.165) is 22.4 Å². The average Bonchev–Trinajstić information content (AvgIpc) is 2.95. The topological polar surface area (TPSA) is 99.7 Å². The first-order valence-electron chi connectivity index (χ1n) is 13.8. The highest BCUT2D eigenvalue weighted by Gasteiger charge is 2.50. The lowest BCUT2D eigenvalue weighted by Gasteiger charge is -2.54. The van der Waals surface area contributed by atoms with Crippen molar-refractivity contribution in [2.45, 2.75) is 31.7 Å². The highest BCUT2D eigenvalue weighted by atomic mass is 35.5. The van der Waals surface area contributed by atoms with Gasteiger partial charge < -0.3 is 25.1 Å². The molecule has 3 aromatic rings. The first kappa shape index (κ1) is 29.2. The number of piperazine rings is 1. The molecule has 0 bridgehead atoms. The number of fused-ring (bicyclic) bond motifs is 1. The zero-order chi connectivity index (χ0) is 30.0. The third-order valence-corrected chi connectivity index (χ3v) is 7.92. The van der Waals surface area contributed by atoms with Gasteiger partial charge in [0, 0.05) is 51.4 Å². The van der Waals surface area contributed by atoms with Crippen molar-refractivity contribution in [3.05, 3.63) is 94.5 Å². The quantitative estimate of drug-likeness (QED) is 0.438. The van der Waals surface area contributed by atoms with Crippen molar-refractivity contribution in [1.82, 2.24) is 25.1 Å². The van der Waals surface area contributed by atoms with Gasteiger partial charge in [0.15, 0.2) is 0 Å². The molecule has 0 saturated carbocycles. The Labute approximate surface area is 250 Å². The van der Waals surface area contributed by atoms with E-state index in [9.17, 15) is 19.5 Å². The van der Waals surface area contributed by atoms with Crippen LogP contribution in [0.25, 0.3) is 0 Å². The largest absolute Gasteiger partial charge is 0.508 e. The molecular weight excluding hydrogens is 556 g/mol. The van der Waals surface area contributed by atoms with Gasteiger partial charge in [0.05, 0.1) is 13.1 Å². The number of hydrogen-bond acceptors (Lipinski definition) is 6. The van der Waals surface area contributed by atoms with E-state index in [4.69, 9.17) is 11.6 Å². The monoisotopic (exact) mass is 590 g/mol. The third-order valence-electron chi connectivity index (χ3n) is 7.68. The number of benzene rings is 3. The second kappa shape index (κ2) is 12.3. The van der Waals surface area contributed by atoms with Crippen molar-refractivity contribution in [1.29, 1.82) is 0 Å². The van der Waals surface area contributed by atoms with Crippen LogP contribution in [0.4, 0.5) is 10.5 Å². The summed E-state index contributed by atoms with van der Waals surface area (Å²) in [6, 6.07) is 20.5. The minimum absolute atomic E-state index is 0.0479. The molecule has 2 atom stereocenters. The maximum atomic E-state index is 14.1. The summed E-state index contributed by atoms with van der Waals surface area (Å²) in [4.78, 5) is 46.5. The van der Waals surface area contributed by atoms with Gasteiger partial charge in [0.25, 0.3) is 0 Å². The van der Waals surface area contributed by atoms with Crippen LogP contribution in [0.2, 0.25) is 5.02 Å². The smallest absolute Gasteiger partial charge is 0.334 e. The van der Waals surface area contributed by atoms with Crippen molar-refractivity contribution in [2.24, 2.45) is 0 Å². The number of phenolic OH excluding ortho intramolecular Hbond substituents is 1. The molecule has 0 radical (unpaired) electrons. The third kappa shape index (κ3) is 6.14. The molecule has 3 aromatic carbocycles. The number of hydrazine groups is 1. The molecule has 5 rings (SSSR count). The predicted molar refractivity (Wildman–Crippen MR) is 161 cm³/mol. The van der Waals surface area contributed by atoms with Crippen LogP contribution in [0.15, 0.2) is 72.8 Å². The standard InChI is InChI=1S/C31H35ClN6O4/c1-34(2)26-14-11-24(32)16-23(26)18-36-19-28-37(27(30(36)41)15-21-9-12-25(39)13-10-21)29(40)20-35(3)38(28)31(42)33-17-22-7-5-4-6-8-22/h4-14,16,27-28,39H,15,17-20H2,1-3H3,(H,33,42)/t27-,28+/m0/s1. The number of carbonyl (C=O) groups excluding carboxylic acids is 3. The molecule has 0 unspecified atom stereocenters. The van der Waals surface area contributed by atoms with Crippen LogP contribution in [0.1, 0.15) is 16.7 Å². The molecule has 10 nitrogen and oxygen atoms in total. The summed E-state index contributed by atoms with van der Waals surface area (Å²) in [5.74, 6) is -0.336. The zero-order valence-electron chi connectivity index (χ0n) is 23.9. The van der Waals surface area contributed by atoms with Gasteiger partial charge in [0.2, 0.25) is 11.8 Å². The fraction of sp³-hybridized carbons (Fsp3) is 0.323. The predicted octanol–water partition coefficient (Wildman–Crippen LogP) is 3.29. The van der Waals surface area contributed by atoms with Crippen molar-refractivity contribution < 1.29 is 19.5 Å². The van der Waals surface area contributed by atoms with Gasteiger partial charge in [-0.15, -0.1) is 0 Å². The van der Waals surface area contributed by atoms with Gasteiger partial charge in [-0.1, -0.05) is 54.1 Å². The van der Waals surface area contributed by atoms with Crippen molar-refractivity contribution in [3.63, 3.8) is 0 Å². The van der Waals surface area contributed by atoms with Crippen LogP contribution < -0.4 is 10.2 Å². The Balaban J connectivity index is 1.49. The highest BCUT2D eigenvalue weighted by molar-refractivity contribution is 6.30. The zero-order valence-corrected chi connectivity index (χ0v) is 24.7. The van der Waals surface area contributed by atoms with E-state index in [1.807, 2.05) is 61.5 Å². The summed E-state index contributed by atoms with van der Waals surface area (Å²) in [6.07, 6.45) is -0.495. The van der Waals surface area contributed by atoms with Gasteiger partial charge in [-0.2, -0.15) is 0 Å². The SMILES string of the molecule is CN(C)c1ccc(Cl)cc1CN1C[C@@H]2N(C(=O)CN(C)N2C(=O)NCc2ccccc2)[C@@H](Cc2ccc(O)cc2)C1=O. The molecule has 42 heavy (non-hydrogen) atoms. The van der Waals surface area contributed by atoms with E-state index in [0.29, 0.717) is 11.6 Å². The summed E-state index contributed by atoms with van der Waals surface area (Å²) >= 11 is 6.36. The Kier molecular flexibility index (Phi) is 8.56. The number of anilines is 1. The van der Waals surface area contributed by atoms with E-state index in [2.05, 4.69) is 5.32 Å². The molecule has 2 saturated heterocycles. The van der Waals surface area contributed by atoms with Crippen molar-refractivity contribution in [3.8, 4) is 5.75 Å². The molecular formula is C31H35ClN6O4.